The zero-order chi connectivity index (χ0) is 43.5. The van der Waals surface area contributed by atoms with Crippen molar-refractivity contribution in [2.24, 2.45) is 5.73 Å². The zero-order valence-corrected chi connectivity index (χ0v) is 40.7. The lowest BCUT2D eigenvalue weighted by Crippen LogP contribution is -2.39. The van der Waals surface area contributed by atoms with Gasteiger partial charge in [0.2, 0.25) is 0 Å². The van der Waals surface area contributed by atoms with E-state index in [0.717, 1.165) is 0 Å². The number of carboxylic acid groups (broad SMARTS) is 1. The van der Waals surface area contributed by atoms with Crippen LogP contribution >= 0.6 is 108 Å². The molecule has 0 aliphatic carbocycles. The number of hydrogen-bond acceptors (Lipinski definition) is 10. The van der Waals surface area contributed by atoms with E-state index >= 15 is 0 Å². The van der Waals surface area contributed by atoms with Gasteiger partial charge in [0.05, 0.1) is 36.2 Å². The lowest BCUT2D eigenvalue weighted by molar-refractivity contribution is -0.137. The minimum atomic E-state index is -3.84. The molecule has 0 heterocycles. The molecule has 0 saturated heterocycles. The molecule has 1 atom stereocenters. The summed E-state index contributed by atoms with van der Waals surface area (Å²) < 4.78 is 93.8. The van der Waals surface area contributed by atoms with Gasteiger partial charge in [-0.15, -0.1) is 92.8 Å². The van der Waals surface area contributed by atoms with Gasteiger partial charge in [-0.2, -0.15) is 0 Å². The number of carboxylic acids is 1. The molecule has 0 aliphatic rings. The first kappa shape index (κ1) is 58.1. The van der Waals surface area contributed by atoms with Gasteiger partial charge in [0, 0.05) is 99.4 Å². The average Bonchev–Trinajstić information content (AvgIpc) is 3.14. The normalized spacial score (nSPS) is 13.4. The van der Waals surface area contributed by atoms with E-state index in [1.54, 1.807) is 33.6 Å². The van der Waals surface area contributed by atoms with Gasteiger partial charge in [-0.1, -0.05) is 30.3 Å². The average molecular weight is 1050 g/mol. The summed E-state index contributed by atoms with van der Waals surface area (Å²) >= 11 is 46.6. The molecule has 0 saturated carbocycles. The van der Waals surface area contributed by atoms with Crippen LogP contribution in [-0.4, -0.2) is 183 Å². The number of aliphatic carboxylic acids is 1. The van der Waals surface area contributed by atoms with Gasteiger partial charge in [0.25, 0.3) is 0 Å². The molecular formula is C30H53Cl8N5O10P2S2. The van der Waals surface area contributed by atoms with Crippen LogP contribution in [0.2, 0.25) is 0 Å². The molecule has 1 aromatic carbocycles. The first-order valence-electron chi connectivity index (χ1n) is 17.3. The molecule has 15 nitrogen and oxygen atoms in total. The van der Waals surface area contributed by atoms with Crippen LogP contribution in [0, 0.1) is 0 Å². The van der Waals surface area contributed by atoms with Crippen LogP contribution < -0.4 is 5.73 Å². The largest absolute Gasteiger partial charge is 0.480 e. The van der Waals surface area contributed by atoms with E-state index in [1.807, 2.05) is 6.07 Å². The molecule has 0 aliphatic heterocycles. The minimum absolute atomic E-state index is 0.109. The highest BCUT2D eigenvalue weighted by atomic mass is 35.5. The zero-order valence-electron chi connectivity index (χ0n) is 31.2. The number of rotatable bonds is 33. The Morgan fingerprint density at radius 2 is 0.895 bits per heavy atom. The van der Waals surface area contributed by atoms with Crippen molar-refractivity contribution in [3.8, 4) is 0 Å². The van der Waals surface area contributed by atoms with Crippen molar-refractivity contribution in [3.05, 3.63) is 35.9 Å². The first-order valence-corrected chi connectivity index (χ1v) is 28.3. The van der Waals surface area contributed by atoms with Crippen molar-refractivity contribution in [1.29, 1.82) is 0 Å². The molecule has 0 fully saturated rings. The Morgan fingerprint density at radius 3 is 1.18 bits per heavy atom. The summed E-state index contributed by atoms with van der Waals surface area (Å²) in [5, 5.41) is 8.75. The highest BCUT2D eigenvalue weighted by Gasteiger charge is 2.39. The van der Waals surface area contributed by atoms with Crippen LogP contribution in [0.15, 0.2) is 30.3 Å². The standard InChI is InChI=1S/C17H27Cl4N2O4PS.C13H26Cl4N3O6PS/c18-6-10-22(11-7-19)28(24,23(12-8-20)13-9-21)27-14-15-29(25,26)16-17-4-2-1-3-5-17;14-1-5-19(6-2-15)27(23,20(7-3-16)8-4-17)26-9-10-28(24,25)11-12(18)13(21)22/h1-5H,6-16H2;12H,1-11,18H2,(H,21,22)/t;12-/m.0/s1. The predicted molar refractivity (Wildman–Crippen MR) is 237 cm³/mol. The molecule has 0 amide bonds. The molecule has 0 aromatic heterocycles. The number of alkyl halides is 8. The van der Waals surface area contributed by atoms with Gasteiger partial charge in [-0.05, 0) is 5.56 Å². The number of nitrogens with zero attached hydrogens (tertiary/aromatic N) is 4. The molecular weight excluding hydrogens is 1000 g/mol. The lowest BCUT2D eigenvalue weighted by atomic mass is 10.2. The van der Waals surface area contributed by atoms with Gasteiger partial charge < -0.3 is 19.9 Å². The highest BCUT2D eigenvalue weighted by Crippen LogP contribution is 2.55. The summed E-state index contributed by atoms with van der Waals surface area (Å²) in [5.74, 6) is -1.68. The van der Waals surface area contributed by atoms with Crippen molar-refractivity contribution in [2.75, 3.05) is 130 Å². The van der Waals surface area contributed by atoms with Crippen LogP contribution in [0.3, 0.4) is 0 Å². The summed E-state index contributed by atoms with van der Waals surface area (Å²) in [5.41, 5.74) is 5.95. The maximum absolute atomic E-state index is 13.8. The molecule has 0 unspecified atom stereocenters. The quantitative estimate of drug-likeness (QED) is 0.0634. The number of halogens is 8. The fraction of sp³-hybridized carbons (Fsp3) is 0.767. The predicted octanol–water partition coefficient (Wildman–Crippen LogP) is 5.78. The Balaban J connectivity index is 0.00000110. The Hall–Kier alpha value is 1.09. The van der Waals surface area contributed by atoms with E-state index in [1.165, 1.54) is 9.34 Å². The fourth-order valence-corrected chi connectivity index (χ4v) is 14.9. The summed E-state index contributed by atoms with van der Waals surface area (Å²) in [6, 6.07) is 7.32. The van der Waals surface area contributed by atoms with Crippen molar-refractivity contribution in [3.63, 3.8) is 0 Å². The second-order valence-corrected chi connectivity index (χ2v) is 23.8. The maximum Gasteiger partial charge on any atom is 0.346 e. The second kappa shape index (κ2) is 31.9. The van der Waals surface area contributed by atoms with E-state index < -0.39 is 65.1 Å². The SMILES string of the molecule is N[C@@H](CS(=O)(=O)CCOP(=O)(N(CCCl)CCCl)N(CCCl)CCCl)C(=O)O.O=P(OCCS(=O)(=O)Cc1ccccc1)(N(CCCl)CCCl)N(CCCl)CCCl. The molecule has 27 heteroatoms. The Morgan fingerprint density at radius 1 is 0.596 bits per heavy atom. The van der Waals surface area contributed by atoms with Crippen molar-refractivity contribution in [2.45, 2.75) is 11.8 Å². The van der Waals surface area contributed by atoms with Gasteiger partial charge in [-0.3, -0.25) is 13.9 Å². The van der Waals surface area contributed by atoms with Crippen LogP contribution in [-0.2, 0) is 48.4 Å². The third-order valence-corrected chi connectivity index (χ3v) is 17.5. The van der Waals surface area contributed by atoms with Crippen molar-refractivity contribution in [1.82, 2.24) is 18.7 Å². The van der Waals surface area contributed by atoms with E-state index in [-0.39, 0.29) is 118 Å². The third kappa shape index (κ3) is 22.8. The minimum Gasteiger partial charge on any atom is -0.480 e. The maximum atomic E-state index is 13.8. The molecule has 3 N–H and O–H groups in total. The number of carbonyl (C=O) groups is 1. The van der Waals surface area contributed by atoms with E-state index in [4.69, 9.17) is 113 Å². The van der Waals surface area contributed by atoms with Crippen LogP contribution in [0.1, 0.15) is 5.56 Å². The summed E-state index contributed by atoms with van der Waals surface area (Å²) in [6.45, 7) is 1.14. The number of nitrogens with two attached hydrogens (primary N) is 1. The summed E-state index contributed by atoms with van der Waals surface area (Å²) in [6.07, 6.45) is 0. The van der Waals surface area contributed by atoms with Crippen LogP contribution in [0.25, 0.3) is 0 Å². The van der Waals surface area contributed by atoms with Crippen LogP contribution in [0.4, 0.5) is 0 Å². The molecule has 336 valence electrons. The topological polar surface area (TPSA) is 197 Å². The summed E-state index contributed by atoms with van der Waals surface area (Å²) in [4.78, 5) is 10.7. The Labute approximate surface area is 377 Å². The number of sulfone groups is 2. The van der Waals surface area contributed by atoms with E-state index in [0.29, 0.717) is 5.56 Å². The number of benzene rings is 1. The molecule has 0 bridgehead atoms. The molecule has 0 spiro atoms. The smallest absolute Gasteiger partial charge is 0.346 e. The molecule has 57 heavy (non-hydrogen) atoms. The lowest BCUT2D eigenvalue weighted by Gasteiger charge is -2.37. The number of hydrogen-bond donors (Lipinski definition) is 2. The fourth-order valence-electron chi connectivity index (χ4n) is 4.82. The van der Waals surface area contributed by atoms with E-state index in [9.17, 15) is 30.8 Å². The van der Waals surface area contributed by atoms with Crippen molar-refractivity contribution >= 4 is 134 Å². The Bertz CT molecular complexity index is 1510. The van der Waals surface area contributed by atoms with Crippen molar-refractivity contribution < 1.29 is 44.9 Å². The Kier molecular flexibility index (Phi) is 32.5. The first-order chi connectivity index (χ1) is 26.9. The molecule has 1 rings (SSSR count). The second-order valence-electron chi connectivity index (χ2n) is 11.6. The monoisotopic (exact) mass is 1050 g/mol. The van der Waals surface area contributed by atoms with Gasteiger partial charge in [0.15, 0.2) is 19.7 Å². The van der Waals surface area contributed by atoms with Gasteiger partial charge in [0.1, 0.15) is 6.04 Å². The molecule has 0 radical (unpaired) electrons. The van der Waals surface area contributed by atoms with Gasteiger partial charge >= 0.3 is 21.3 Å². The third-order valence-electron chi connectivity index (χ3n) is 7.46. The van der Waals surface area contributed by atoms with Gasteiger partial charge in [-0.25, -0.2) is 35.5 Å². The summed E-state index contributed by atoms with van der Waals surface area (Å²) in [7, 11) is -14.6. The van der Waals surface area contributed by atoms with Crippen LogP contribution in [0.5, 0.6) is 0 Å². The van der Waals surface area contributed by atoms with E-state index in [2.05, 4.69) is 0 Å². The molecule has 1 aromatic rings. The highest BCUT2D eigenvalue weighted by molar-refractivity contribution is 7.91.